The highest BCUT2D eigenvalue weighted by atomic mass is 16.3. The molecule has 0 atom stereocenters. The molecular weight excluding hydrogens is 130 g/mol. The molecule has 0 aromatic carbocycles. The highest BCUT2D eigenvalue weighted by Crippen LogP contribution is 2.20. The van der Waals surface area contributed by atoms with E-state index >= 15 is 0 Å². The fourth-order valence-electron chi connectivity index (χ4n) is 1.07. The van der Waals surface area contributed by atoms with Gasteiger partial charge < -0.3 is 5.32 Å². The number of rotatable bonds is 0. The molecule has 51 valence electrons. The maximum Gasteiger partial charge on any atom is 0.277 e. The highest BCUT2D eigenvalue weighted by molar-refractivity contribution is 5.30. The summed E-state index contributed by atoms with van der Waals surface area (Å²) in [6.45, 7) is 1.32. The molecule has 2 heterocycles. The van der Waals surface area contributed by atoms with Crippen molar-refractivity contribution in [2.24, 2.45) is 0 Å². The summed E-state index contributed by atoms with van der Waals surface area (Å²) < 4.78 is 0. The second-order valence-electron chi connectivity index (χ2n) is 2.21. The van der Waals surface area contributed by atoms with Crippen LogP contribution in [0, 0.1) is 0 Å². The molecule has 4 nitrogen and oxygen atoms in total. The molecule has 0 bridgehead atoms. The van der Waals surface area contributed by atoms with Crippen molar-refractivity contribution in [3.63, 3.8) is 0 Å². The van der Waals surface area contributed by atoms with E-state index in [4.69, 9.17) is 0 Å². The Morgan fingerprint density at radius 2 is 2.30 bits per heavy atom. The van der Waals surface area contributed by atoms with Crippen LogP contribution in [-0.2, 0) is 18.2 Å². The lowest BCUT2D eigenvalue weighted by Crippen LogP contribution is -2.00. The Morgan fingerprint density at radius 3 is 3.10 bits per heavy atom. The molecule has 0 aliphatic carbocycles. The molecule has 10 heavy (non-hydrogen) atoms. The van der Waals surface area contributed by atoms with Gasteiger partial charge in [-0.25, -0.2) is 4.98 Å². The van der Waals surface area contributed by atoms with Crippen molar-refractivity contribution in [2.45, 2.75) is 13.1 Å². The monoisotopic (exact) mass is 136 g/mol. The number of nitrogens with zero attached hydrogens (tertiary/aromatic N) is 2. The van der Waals surface area contributed by atoms with Gasteiger partial charge in [0.15, 0.2) is 0 Å². The summed E-state index contributed by atoms with van der Waals surface area (Å²) in [4.78, 5) is 7.49. The average Bonchev–Trinajstić information content (AvgIpc) is 2.36. The average molecular weight is 136 g/mol. The second kappa shape index (κ2) is 1.91. The summed E-state index contributed by atoms with van der Waals surface area (Å²) in [5, 5.41) is 13.9. The fourth-order valence-corrected chi connectivity index (χ4v) is 1.07. The van der Waals surface area contributed by atoms with E-state index in [0.29, 0.717) is 13.1 Å². The lowest BCUT2D eigenvalue weighted by atomic mass is 10.3. The van der Waals surface area contributed by atoms with Crippen LogP contribution in [0.5, 0.6) is 5.88 Å². The Morgan fingerprint density at radius 1 is 1.40 bits per heavy atom. The Balaban J connectivity index is 2.59. The third-order valence-electron chi connectivity index (χ3n) is 1.59. The molecule has 1 aliphatic rings. The summed E-state index contributed by atoms with van der Waals surface area (Å²) >= 11 is 0. The Hall–Kier alpha value is -1.16. The number of hydrogen-bond donors (Lipinski definition) is 1. The first-order valence-electron chi connectivity index (χ1n) is 3.08. The summed E-state index contributed by atoms with van der Waals surface area (Å²) in [5.74, 6) is -0.144. The summed E-state index contributed by atoms with van der Waals surface area (Å²) in [6, 6.07) is 0. The van der Waals surface area contributed by atoms with Gasteiger partial charge in [-0.3, -0.25) is 5.11 Å². The van der Waals surface area contributed by atoms with Gasteiger partial charge >= 0.3 is 0 Å². The van der Waals surface area contributed by atoms with Crippen molar-refractivity contribution in [1.82, 2.24) is 15.3 Å². The molecule has 2 rings (SSSR count). The van der Waals surface area contributed by atoms with Crippen molar-refractivity contribution >= 4 is 0 Å². The SMILES string of the molecule is [O]c1ncnc2c1CNC2. The van der Waals surface area contributed by atoms with Crippen molar-refractivity contribution in [1.29, 1.82) is 0 Å². The van der Waals surface area contributed by atoms with Crippen LogP contribution < -0.4 is 5.32 Å². The summed E-state index contributed by atoms with van der Waals surface area (Å²) in [6.07, 6.45) is 1.31. The molecular formula is C6H6N3O. The maximum atomic E-state index is 10.9. The molecule has 0 saturated carbocycles. The molecule has 1 aliphatic heterocycles. The number of fused-ring (bicyclic) bond motifs is 1. The molecule has 1 radical (unpaired) electrons. The van der Waals surface area contributed by atoms with Crippen LogP contribution in [0.4, 0.5) is 0 Å². The molecule has 0 amide bonds. The molecule has 1 aromatic rings. The first kappa shape index (κ1) is 5.61. The summed E-state index contributed by atoms with van der Waals surface area (Å²) in [5.41, 5.74) is 1.57. The van der Waals surface area contributed by atoms with Gasteiger partial charge in [0.2, 0.25) is 0 Å². The van der Waals surface area contributed by atoms with Crippen LogP contribution in [0.15, 0.2) is 6.33 Å². The minimum atomic E-state index is -0.144. The fraction of sp³-hybridized carbons (Fsp3) is 0.333. The molecule has 1 aromatic heterocycles. The zero-order valence-corrected chi connectivity index (χ0v) is 5.29. The third kappa shape index (κ3) is 0.657. The van der Waals surface area contributed by atoms with Crippen LogP contribution in [0.3, 0.4) is 0 Å². The van der Waals surface area contributed by atoms with Crippen molar-refractivity contribution in [3.05, 3.63) is 17.6 Å². The first-order valence-corrected chi connectivity index (χ1v) is 3.08. The van der Waals surface area contributed by atoms with Crippen LogP contribution in [0.1, 0.15) is 11.3 Å². The summed E-state index contributed by atoms with van der Waals surface area (Å²) in [7, 11) is 0. The van der Waals surface area contributed by atoms with Crippen LogP contribution in [-0.4, -0.2) is 9.97 Å². The quantitative estimate of drug-likeness (QED) is 0.555. The van der Waals surface area contributed by atoms with Gasteiger partial charge in [0.1, 0.15) is 6.33 Å². The lowest BCUT2D eigenvalue weighted by Gasteiger charge is -1.93. The van der Waals surface area contributed by atoms with Gasteiger partial charge in [0.25, 0.3) is 5.88 Å². The van der Waals surface area contributed by atoms with Gasteiger partial charge in [-0.05, 0) is 0 Å². The van der Waals surface area contributed by atoms with Crippen LogP contribution in [0.25, 0.3) is 0 Å². The largest absolute Gasteiger partial charge is 0.307 e. The van der Waals surface area contributed by atoms with Crippen molar-refractivity contribution in [2.75, 3.05) is 0 Å². The Labute approximate surface area is 57.9 Å². The zero-order chi connectivity index (χ0) is 6.97. The van der Waals surface area contributed by atoms with Gasteiger partial charge in [0.05, 0.1) is 11.3 Å². The number of nitrogens with one attached hydrogen (secondary N) is 1. The van der Waals surface area contributed by atoms with E-state index < -0.39 is 0 Å². The smallest absolute Gasteiger partial charge is 0.277 e. The van der Waals surface area contributed by atoms with E-state index in [1.54, 1.807) is 0 Å². The van der Waals surface area contributed by atoms with Crippen LogP contribution >= 0.6 is 0 Å². The molecule has 0 saturated heterocycles. The van der Waals surface area contributed by atoms with E-state index in [0.717, 1.165) is 11.3 Å². The molecule has 4 heteroatoms. The van der Waals surface area contributed by atoms with Crippen LogP contribution in [0.2, 0.25) is 0 Å². The Kier molecular flexibility index (Phi) is 1.07. The number of aromatic nitrogens is 2. The van der Waals surface area contributed by atoms with Crippen molar-refractivity contribution in [3.8, 4) is 5.88 Å². The van der Waals surface area contributed by atoms with Crippen molar-refractivity contribution < 1.29 is 5.11 Å². The normalized spacial score (nSPS) is 15.2. The van der Waals surface area contributed by atoms with Gasteiger partial charge in [0, 0.05) is 13.1 Å². The third-order valence-corrected chi connectivity index (χ3v) is 1.59. The van der Waals surface area contributed by atoms with E-state index in [-0.39, 0.29) is 5.88 Å². The molecule has 0 fully saturated rings. The predicted molar refractivity (Wildman–Crippen MR) is 32.7 cm³/mol. The van der Waals surface area contributed by atoms with E-state index in [9.17, 15) is 5.11 Å². The standard InChI is InChI=1S/C6H6N3O/c10-6-4-1-7-2-5(4)8-3-9-6/h3,7H,1-2H2. The van der Waals surface area contributed by atoms with E-state index in [1.807, 2.05) is 0 Å². The van der Waals surface area contributed by atoms with E-state index in [2.05, 4.69) is 15.3 Å². The van der Waals surface area contributed by atoms with Gasteiger partial charge in [-0.2, -0.15) is 4.98 Å². The van der Waals surface area contributed by atoms with Gasteiger partial charge in [-0.15, -0.1) is 0 Å². The topological polar surface area (TPSA) is 57.7 Å². The zero-order valence-electron chi connectivity index (χ0n) is 5.29. The molecule has 1 N–H and O–H groups in total. The first-order chi connectivity index (χ1) is 4.88. The predicted octanol–water partition coefficient (Wildman–Crippen LogP) is 0.224. The minimum Gasteiger partial charge on any atom is -0.307 e. The Bertz CT molecular complexity index is 261. The second-order valence-corrected chi connectivity index (χ2v) is 2.21. The molecule has 0 unspecified atom stereocenters. The molecule has 0 spiro atoms. The minimum absolute atomic E-state index is 0.144. The number of hydrogen-bond acceptors (Lipinski definition) is 3. The maximum absolute atomic E-state index is 10.9. The highest BCUT2D eigenvalue weighted by Gasteiger charge is 2.16. The lowest BCUT2D eigenvalue weighted by molar-refractivity contribution is 0.331. The van der Waals surface area contributed by atoms with E-state index in [1.165, 1.54) is 6.33 Å². The van der Waals surface area contributed by atoms with Gasteiger partial charge in [-0.1, -0.05) is 0 Å².